The maximum Gasteiger partial charge on any atom is 0.203 e. The molecule has 4 rings (SSSR count). The molecule has 2 aliphatic rings. The molecular formula is C30H44N2O5. The topological polar surface area (TPSA) is 52.6 Å². The van der Waals surface area contributed by atoms with Crippen LogP contribution in [-0.2, 0) is 13.0 Å². The number of fused-ring (bicyclic) bond motifs is 1. The SMILES string of the molecule is COc1ccc(CN2CCN(CCC3(C)CCc4c(C)c(OC)c(C)c(C)c4O3)CC2)c(OC)c1OC. The summed E-state index contributed by atoms with van der Waals surface area (Å²) in [5.74, 6) is 4.19. The third-order valence-corrected chi connectivity index (χ3v) is 8.37. The minimum atomic E-state index is -0.143. The number of methoxy groups -OCH3 is 4. The van der Waals surface area contributed by atoms with Gasteiger partial charge in [-0.2, -0.15) is 0 Å². The van der Waals surface area contributed by atoms with Crippen molar-refractivity contribution in [1.82, 2.24) is 9.80 Å². The lowest BCUT2D eigenvalue weighted by Crippen LogP contribution is -2.48. The lowest BCUT2D eigenvalue weighted by atomic mass is 9.85. The zero-order valence-corrected chi connectivity index (χ0v) is 24.0. The van der Waals surface area contributed by atoms with Gasteiger partial charge in [0.05, 0.1) is 28.4 Å². The Morgan fingerprint density at radius 3 is 2.05 bits per heavy atom. The minimum absolute atomic E-state index is 0.143. The van der Waals surface area contributed by atoms with Gasteiger partial charge in [-0.1, -0.05) is 6.07 Å². The van der Waals surface area contributed by atoms with Gasteiger partial charge in [0.15, 0.2) is 11.5 Å². The molecule has 1 fully saturated rings. The summed E-state index contributed by atoms with van der Waals surface area (Å²) in [6.07, 6.45) is 3.10. The van der Waals surface area contributed by atoms with Gasteiger partial charge >= 0.3 is 0 Å². The lowest BCUT2D eigenvalue weighted by molar-refractivity contribution is 0.0350. The summed E-state index contributed by atoms with van der Waals surface area (Å²) in [4.78, 5) is 5.06. The van der Waals surface area contributed by atoms with Gasteiger partial charge < -0.3 is 28.6 Å². The Labute approximate surface area is 222 Å². The highest BCUT2D eigenvalue weighted by atomic mass is 16.5. The van der Waals surface area contributed by atoms with Crippen molar-refractivity contribution in [2.24, 2.45) is 0 Å². The molecule has 0 bridgehead atoms. The minimum Gasteiger partial charge on any atom is -0.496 e. The molecule has 0 aliphatic carbocycles. The van der Waals surface area contributed by atoms with Gasteiger partial charge in [-0.3, -0.25) is 4.90 Å². The van der Waals surface area contributed by atoms with Gasteiger partial charge in [-0.25, -0.2) is 0 Å². The van der Waals surface area contributed by atoms with E-state index < -0.39 is 0 Å². The highest BCUT2D eigenvalue weighted by Crippen LogP contribution is 2.44. The molecule has 0 spiro atoms. The predicted molar refractivity (Wildman–Crippen MR) is 147 cm³/mol. The quantitative estimate of drug-likeness (QED) is 0.472. The summed E-state index contributed by atoms with van der Waals surface area (Å²) in [5.41, 5.74) is 5.91. The van der Waals surface area contributed by atoms with E-state index in [0.29, 0.717) is 11.5 Å². The fourth-order valence-electron chi connectivity index (χ4n) is 5.86. The van der Waals surface area contributed by atoms with Crippen molar-refractivity contribution < 1.29 is 23.7 Å². The average Bonchev–Trinajstić information content (AvgIpc) is 2.91. The van der Waals surface area contributed by atoms with Gasteiger partial charge in [-0.15, -0.1) is 0 Å². The van der Waals surface area contributed by atoms with Crippen molar-refractivity contribution in [2.75, 3.05) is 61.2 Å². The molecule has 2 heterocycles. The van der Waals surface area contributed by atoms with E-state index in [2.05, 4.69) is 43.6 Å². The van der Waals surface area contributed by atoms with E-state index in [1.54, 1.807) is 28.4 Å². The van der Waals surface area contributed by atoms with Crippen molar-refractivity contribution in [3.63, 3.8) is 0 Å². The van der Waals surface area contributed by atoms with Crippen LogP contribution in [0.15, 0.2) is 12.1 Å². The number of ether oxygens (including phenoxy) is 5. The van der Waals surface area contributed by atoms with Crippen LogP contribution in [0.1, 0.15) is 47.6 Å². The first kappa shape index (κ1) is 27.4. The van der Waals surface area contributed by atoms with Crippen LogP contribution in [0.5, 0.6) is 28.7 Å². The molecule has 2 aromatic rings. The largest absolute Gasteiger partial charge is 0.496 e. The van der Waals surface area contributed by atoms with Gasteiger partial charge in [0.25, 0.3) is 0 Å². The summed E-state index contributed by atoms with van der Waals surface area (Å²) >= 11 is 0. The lowest BCUT2D eigenvalue weighted by Gasteiger charge is -2.40. The summed E-state index contributed by atoms with van der Waals surface area (Å²) < 4.78 is 29.1. The Morgan fingerprint density at radius 2 is 1.43 bits per heavy atom. The van der Waals surface area contributed by atoms with Gasteiger partial charge in [-0.05, 0) is 69.7 Å². The molecule has 1 atom stereocenters. The fraction of sp³-hybridized carbons (Fsp3) is 0.600. The van der Waals surface area contributed by atoms with E-state index >= 15 is 0 Å². The molecular weight excluding hydrogens is 468 g/mol. The van der Waals surface area contributed by atoms with Crippen LogP contribution in [-0.4, -0.2) is 76.6 Å². The maximum absolute atomic E-state index is 6.74. The number of hydrogen-bond acceptors (Lipinski definition) is 7. The van der Waals surface area contributed by atoms with Crippen LogP contribution in [0.4, 0.5) is 0 Å². The van der Waals surface area contributed by atoms with Crippen molar-refractivity contribution in [3.8, 4) is 28.7 Å². The normalized spacial score (nSPS) is 20.2. The Hall–Kier alpha value is -2.64. The molecule has 0 radical (unpaired) electrons. The van der Waals surface area contributed by atoms with Crippen molar-refractivity contribution in [2.45, 2.75) is 59.1 Å². The van der Waals surface area contributed by atoms with E-state index in [0.717, 1.165) is 81.3 Å². The number of nitrogens with zero attached hydrogens (tertiary/aromatic N) is 2. The Kier molecular flexibility index (Phi) is 8.44. The van der Waals surface area contributed by atoms with Crippen molar-refractivity contribution in [1.29, 1.82) is 0 Å². The van der Waals surface area contributed by atoms with Gasteiger partial charge in [0.2, 0.25) is 5.75 Å². The van der Waals surface area contributed by atoms with Crippen LogP contribution in [0.2, 0.25) is 0 Å². The summed E-state index contributed by atoms with van der Waals surface area (Å²) in [6.45, 7) is 14.8. The van der Waals surface area contributed by atoms with Crippen LogP contribution >= 0.6 is 0 Å². The van der Waals surface area contributed by atoms with Crippen LogP contribution in [0.25, 0.3) is 0 Å². The number of piperazine rings is 1. The van der Waals surface area contributed by atoms with Gasteiger partial charge in [0, 0.05) is 50.4 Å². The van der Waals surface area contributed by atoms with Gasteiger partial charge in [0.1, 0.15) is 17.1 Å². The van der Waals surface area contributed by atoms with E-state index in [1.165, 1.54) is 22.3 Å². The van der Waals surface area contributed by atoms with E-state index in [-0.39, 0.29) is 5.60 Å². The molecule has 0 aromatic heterocycles. The maximum atomic E-state index is 6.74. The average molecular weight is 513 g/mol. The van der Waals surface area contributed by atoms with Crippen LogP contribution < -0.4 is 23.7 Å². The highest BCUT2D eigenvalue weighted by molar-refractivity contribution is 5.59. The number of benzene rings is 2. The second kappa shape index (κ2) is 11.4. The first-order valence-electron chi connectivity index (χ1n) is 13.3. The molecule has 204 valence electrons. The molecule has 2 aliphatic heterocycles. The first-order chi connectivity index (χ1) is 17.7. The van der Waals surface area contributed by atoms with Crippen molar-refractivity contribution in [3.05, 3.63) is 39.9 Å². The molecule has 0 amide bonds. The Morgan fingerprint density at radius 1 is 0.784 bits per heavy atom. The second-order valence-electron chi connectivity index (χ2n) is 10.6. The predicted octanol–water partition coefficient (Wildman–Crippen LogP) is 4.94. The van der Waals surface area contributed by atoms with E-state index in [9.17, 15) is 0 Å². The molecule has 37 heavy (non-hydrogen) atoms. The molecule has 7 nitrogen and oxygen atoms in total. The summed E-state index contributed by atoms with van der Waals surface area (Å²) in [5, 5.41) is 0. The molecule has 0 saturated carbocycles. The molecule has 0 N–H and O–H groups in total. The third kappa shape index (κ3) is 5.48. The van der Waals surface area contributed by atoms with E-state index in [4.69, 9.17) is 23.7 Å². The van der Waals surface area contributed by atoms with Crippen molar-refractivity contribution >= 4 is 0 Å². The first-order valence-corrected chi connectivity index (χ1v) is 13.3. The van der Waals surface area contributed by atoms with Crippen LogP contribution in [0, 0.1) is 20.8 Å². The molecule has 1 saturated heterocycles. The smallest absolute Gasteiger partial charge is 0.203 e. The molecule has 2 aromatic carbocycles. The number of hydrogen-bond donors (Lipinski definition) is 0. The third-order valence-electron chi connectivity index (χ3n) is 8.37. The molecule has 1 unspecified atom stereocenters. The van der Waals surface area contributed by atoms with E-state index in [1.807, 2.05) is 6.07 Å². The fourth-order valence-corrected chi connectivity index (χ4v) is 5.86. The van der Waals surface area contributed by atoms with Crippen LogP contribution in [0.3, 0.4) is 0 Å². The number of rotatable bonds is 9. The second-order valence-corrected chi connectivity index (χ2v) is 10.6. The molecule has 7 heteroatoms. The summed E-state index contributed by atoms with van der Waals surface area (Å²) in [6, 6.07) is 4.03. The zero-order valence-electron chi connectivity index (χ0n) is 24.0. The monoisotopic (exact) mass is 512 g/mol. The Balaban J connectivity index is 1.34. The highest BCUT2D eigenvalue weighted by Gasteiger charge is 2.35. The summed E-state index contributed by atoms with van der Waals surface area (Å²) in [7, 11) is 6.75. The Bertz CT molecular complexity index is 1110. The zero-order chi connectivity index (χ0) is 26.7. The standard InChI is InChI=1S/C30H44N2O5/c1-20-21(2)27-24(22(3)26(20)34-6)11-12-30(4,37-27)13-14-31-15-17-32(18-16-31)19-23-9-10-25(33-5)29(36-8)28(23)35-7/h9-10H,11-19H2,1-8H3.